The molecule has 2 rings (SSSR count). The highest BCUT2D eigenvalue weighted by atomic mass is 19.1. The smallest absolute Gasteiger partial charge is 0.166 e. The predicted octanol–water partition coefficient (Wildman–Crippen LogP) is 1.91. The largest absolute Gasteiger partial charge is 0.483 e. The molecule has 0 saturated heterocycles. The fourth-order valence-corrected chi connectivity index (χ4v) is 1.29. The molecule has 0 saturated carbocycles. The number of para-hydroxylation sites is 1. The minimum atomic E-state index is -0.594. The Kier molecular flexibility index (Phi) is 3.13. The number of benzene rings is 1. The van der Waals surface area contributed by atoms with Crippen molar-refractivity contribution in [3.63, 3.8) is 0 Å². The molecule has 0 spiro atoms. The molecule has 0 atom stereocenters. The van der Waals surface area contributed by atoms with Crippen molar-refractivity contribution >= 4 is 6.29 Å². The highest BCUT2D eigenvalue weighted by Gasteiger charge is 2.12. The van der Waals surface area contributed by atoms with Gasteiger partial charge >= 0.3 is 0 Å². The summed E-state index contributed by atoms with van der Waals surface area (Å²) in [7, 11) is 0. The molecule has 0 amide bonds. The quantitative estimate of drug-likeness (QED) is 0.758. The van der Waals surface area contributed by atoms with Crippen LogP contribution in [0.5, 0.6) is 5.75 Å². The molecule has 2 aromatic rings. The summed E-state index contributed by atoms with van der Waals surface area (Å²) in [5.74, 6) is -0.686. The van der Waals surface area contributed by atoms with Crippen molar-refractivity contribution in [2.45, 2.75) is 13.5 Å². The van der Waals surface area contributed by atoms with E-state index >= 15 is 0 Å². The van der Waals surface area contributed by atoms with Gasteiger partial charge in [0.15, 0.2) is 17.9 Å². The topological polar surface area (TPSA) is 65.2 Å². The van der Waals surface area contributed by atoms with Crippen molar-refractivity contribution in [1.82, 2.24) is 10.3 Å². The zero-order valence-electron chi connectivity index (χ0n) is 9.01. The molecule has 88 valence electrons. The van der Waals surface area contributed by atoms with E-state index in [4.69, 9.17) is 4.74 Å². The summed E-state index contributed by atoms with van der Waals surface area (Å²) in [6, 6.07) is 4.13. The lowest BCUT2D eigenvalue weighted by Gasteiger charge is -2.07. The number of halogens is 1. The van der Waals surface area contributed by atoms with Gasteiger partial charge in [-0.15, -0.1) is 0 Å². The van der Waals surface area contributed by atoms with Gasteiger partial charge in [0.1, 0.15) is 18.0 Å². The van der Waals surface area contributed by atoms with Crippen LogP contribution in [0.15, 0.2) is 22.8 Å². The van der Waals surface area contributed by atoms with Crippen LogP contribution in [0.4, 0.5) is 4.39 Å². The second kappa shape index (κ2) is 4.73. The van der Waals surface area contributed by atoms with Crippen molar-refractivity contribution in [3.05, 3.63) is 41.0 Å². The van der Waals surface area contributed by atoms with E-state index in [9.17, 15) is 9.18 Å². The van der Waals surface area contributed by atoms with Crippen LogP contribution in [0.25, 0.3) is 0 Å². The van der Waals surface area contributed by atoms with Gasteiger partial charge in [0.2, 0.25) is 0 Å². The van der Waals surface area contributed by atoms with Crippen molar-refractivity contribution in [2.75, 3.05) is 0 Å². The molecule has 0 fully saturated rings. The molecular formula is C11H9FN2O3. The van der Waals surface area contributed by atoms with E-state index in [1.54, 1.807) is 6.92 Å². The van der Waals surface area contributed by atoms with E-state index in [1.165, 1.54) is 18.2 Å². The minimum Gasteiger partial charge on any atom is -0.483 e. The van der Waals surface area contributed by atoms with Crippen LogP contribution in [0.1, 0.15) is 21.7 Å². The molecule has 0 N–H and O–H groups in total. The molecule has 6 heteroatoms. The summed E-state index contributed by atoms with van der Waals surface area (Å²) in [6.45, 7) is 1.69. The van der Waals surface area contributed by atoms with Gasteiger partial charge in [-0.25, -0.2) is 9.02 Å². The number of aryl methyl sites for hydroxylation is 1. The summed E-state index contributed by atoms with van der Waals surface area (Å²) in [5, 5.41) is 7.16. The van der Waals surface area contributed by atoms with Gasteiger partial charge < -0.3 is 4.74 Å². The first kappa shape index (κ1) is 11.3. The molecule has 0 bridgehead atoms. The first-order chi connectivity index (χ1) is 8.22. The van der Waals surface area contributed by atoms with Crippen LogP contribution >= 0.6 is 0 Å². The molecule has 0 aliphatic carbocycles. The maximum absolute atomic E-state index is 13.4. The van der Waals surface area contributed by atoms with Crippen LogP contribution in [0, 0.1) is 12.7 Å². The number of rotatable bonds is 4. The Morgan fingerprint density at radius 1 is 1.47 bits per heavy atom. The second-order valence-electron chi connectivity index (χ2n) is 3.36. The van der Waals surface area contributed by atoms with Crippen LogP contribution in [-0.4, -0.2) is 16.6 Å². The number of hydrogen-bond acceptors (Lipinski definition) is 5. The lowest BCUT2D eigenvalue weighted by molar-refractivity contribution is 0.111. The first-order valence-electron chi connectivity index (χ1n) is 4.87. The van der Waals surface area contributed by atoms with Crippen molar-refractivity contribution in [3.8, 4) is 5.75 Å². The average Bonchev–Trinajstić information content (AvgIpc) is 2.73. The zero-order chi connectivity index (χ0) is 12.3. The fourth-order valence-electron chi connectivity index (χ4n) is 1.29. The molecule has 1 heterocycles. The Hall–Kier alpha value is -2.24. The number of ether oxygens (including phenoxy) is 1. The van der Waals surface area contributed by atoms with Crippen LogP contribution in [-0.2, 0) is 6.61 Å². The molecule has 0 radical (unpaired) electrons. The summed E-state index contributed by atoms with van der Waals surface area (Å²) in [4.78, 5) is 10.7. The van der Waals surface area contributed by atoms with E-state index in [0.717, 1.165) is 0 Å². The van der Waals surface area contributed by atoms with Crippen molar-refractivity contribution < 1.29 is 18.6 Å². The number of aromatic nitrogens is 2. The number of nitrogens with zero attached hydrogens (tertiary/aromatic N) is 2. The summed E-state index contributed by atoms with van der Waals surface area (Å²) >= 11 is 0. The maximum atomic E-state index is 13.4. The Labute approximate surface area is 96.2 Å². The number of aldehydes is 1. The standard InChI is InChI=1S/C11H9FN2O3/c1-7-10(14-17-13-7)6-16-11-8(5-15)3-2-4-9(11)12/h2-5H,6H2,1H3. The molecular weight excluding hydrogens is 227 g/mol. The van der Waals surface area contributed by atoms with E-state index in [2.05, 4.69) is 14.9 Å². The molecule has 5 nitrogen and oxygen atoms in total. The summed E-state index contributed by atoms with van der Waals surface area (Å²) in [6.07, 6.45) is 0.534. The van der Waals surface area contributed by atoms with E-state index in [1.807, 2.05) is 0 Å². The van der Waals surface area contributed by atoms with Crippen LogP contribution in [0.3, 0.4) is 0 Å². The normalized spacial score (nSPS) is 10.2. The van der Waals surface area contributed by atoms with Gasteiger partial charge in [-0.3, -0.25) is 4.79 Å². The monoisotopic (exact) mass is 236 g/mol. The Morgan fingerprint density at radius 2 is 2.29 bits per heavy atom. The summed E-state index contributed by atoms with van der Waals surface area (Å²) < 4.78 is 23.1. The average molecular weight is 236 g/mol. The Morgan fingerprint density at radius 3 is 2.94 bits per heavy atom. The van der Waals surface area contributed by atoms with E-state index in [-0.39, 0.29) is 17.9 Å². The van der Waals surface area contributed by atoms with Gasteiger partial charge in [-0.05, 0) is 19.1 Å². The number of hydrogen-bond donors (Lipinski definition) is 0. The van der Waals surface area contributed by atoms with E-state index < -0.39 is 5.82 Å². The minimum absolute atomic E-state index is 0.00287. The van der Waals surface area contributed by atoms with Crippen molar-refractivity contribution in [1.29, 1.82) is 0 Å². The van der Waals surface area contributed by atoms with Crippen LogP contribution in [0.2, 0.25) is 0 Å². The van der Waals surface area contributed by atoms with Crippen molar-refractivity contribution in [2.24, 2.45) is 0 Å². The Balaban J connectivity index is 2.19. The third-order valence-corrected chi connectivity index (χ3v) is 2.22. The third-order valence-electron chi connectivity index (χ3n) is 2.22. The molecule has 0 aliphatic heterocycles. The number of carbonyl (C=O) groups excluding carboxylic acids is 1. The molecule has 1 aromatic carbocycles. The van der Waals surface area contributed by atoms with Gasteiger partial charge in [0.05, 0.1) is 5.56 Å². The molecule has 0 aliphatic rings. The van der Waals surface area contributed by atoms with Gasteiger partial charge in [-0.2, -0.15) is 0 Å². The number of carbonyl (C=O) groups is 1. The van der Waals surface area contributed by atoms with Crippen LogP contribution < -0.4 is 4.74 Å². The van der Waals surface area contributed by atoms with Gasteiger partial charge in [0.25, 0.3) is 0 Å². The first-order valence-corrected chi connectivity index (χ1v) is 4.87. The maximum Gasteiger partial charge on any atom is 0.166 e. The van der Waals surface area contributed by atoms with Gasteiger partial charge in [0, 0.05) is 0 Å². The third kappa shape index (κ3) is 2.30. The Bertz CT molecular complexity index is 539. The predicted molar refractivity (Wildman–Crippen MR) is 55.2 cm³/mol. The molecule has 17 heavy (non-hydrogen) atoms. The van der Waals surface area contributed by atoms with Gasteiger partial charge in [-0.1, -0.05) is 16.4 Å². The van der Waals surface area contributed by atoms with E-state index in [0.29, 0.717) is 17.7 Å². The summed E-state index contributed by atoms with van der Waals surface area (Å²) in [5.41, 5.74) is 1.18. The fraction of sp³-hybridized carbons (Fsp3) is 0.182. The SMILES string of the molecule is Cc1nonc1COc1c(F)cccc1C=O. The lowest BCUT2D eigenvalue weighted by atomic mass is 10.2. The zero-order valence-corrected chi connectivity index (χ0v) is 9.01. The lowest BCUT2D eigenvalue weighted by Crippen LogP contribution is -2.02. The second-order valence-corrected chi connectivity index (χ2v) is 3.36. The highest BCUT2D eigenvalue weighted by Crippen LogP contribution is 2.22. The molecule has 1 aromatic heterocycles. The molecule has 0 unspecified atom stereocenters. The highest BCUT2D eigenvalue weighted by molar-refractivity contribution is 5.79.